The molecule has 0 fully saturated rings. The van der Waals surface area contributed by atoms with Crippen molar-refractivity contribution in [3.63, 3.8) is 0 Å². The number of anilines is 1. The normalized spacial score (nSPS) is 11.9. The van der Waals surface area contributed by atoms with Gasteiger partial charge in [-0.15, -0.1) is 0 Å². The molecular weight excluding hydrogens is 573 g/mol. The smallest absolute Gasteiger partial charge is 0.264 e. The molecule has 0 aromatic heterocycles. The Morgan fingerprint density at radius 2 is 1.58 bits per heavy atom. The fourth-order valence-electron chi connectivity index (χ4n) is 4.56. The van der Waals surface area contributed by atoms with E-state index in [1.165, 1.54) is 61.6 Å². The molecule has 0 radical (unpaired) electrons. The highest BCUT2D eigenvalue weighted by Crippen LogP contribution is 2.32. The number of halogens is 1. The van der Waals surface area contributed by atoms with Gasteiger partial charge >= 0.3 is 0 Å². The molecule has 0 saturated carbocycles. The minimum absolute atomic E-state index is 0.0169. The highest BCUT2D eigenvalue weighted by atomic mass is 32.2. The summed E-state index contributed by atoms with van der Waals surface area (Å²) in [7, 11) is -1.45. The number of hydrogen-bond acceptors (Lipinski definition) is 6. The van der Waals surface area contributed by atoms with Crippen LogP contribution >= 0.6 is 0 Å². The number of nitrogens with one attached hydrogen (secondary N) is 1. The highest BCUT2D eigenvalue weighted by Gasteiger charge is 2.34. The summed E-state index contributed by atoms with van der Waals surface area (Å²) in [4.78, 5) is 28.6. The topological polar surface area (TPSA) is 105 Å². The predicted molar refractivity (Wildman–Crippen MR) is 164 cm³/mol. The van der Waals surface area contributed by atoms with Gasteiger partial charge in [-0.3, -0.25) is 13.9 Å². The van der Waals surface area contributed by atoms with Crippen molar-refractivity contribution in [2.24, 2.45) is 0 Å². The van der Waals surface area contributed by atoms with Crippen molar-refractivity contribution in [1.29, 1.82) is 0 Å². The van der Waals surface area contributed by atoms with Gasteiger partial charge in [-0.05, 0) is 61.7 Å². The summed E-state index contributed by atoms with van der Waals surface area (Å²) in [5.41, 5.74) is 1.78. The quantitative estimate of drug-likeness (QED) is 0.240. The molecule has 0 aliphatic carbocycles. The maximum atomic E-state index is 14.1. The van der Waals surface area contributed by atoms with Crippen LogP contribution in [0.25, 0.3) is 0 Å². The fraction of sp³-hybridized carbons (Fsp3) is 0.375. The number of nitrogens with zero attached hydrogens (tertiary/aromatic N) is 2. The molecule has 3 rings (SSSR count). The zero-order chi connectivity index (χ0) is 31.6. The lowest BCUT2D eigenvalue weighted by Crippen LogP contribution is -2.52. The van der Waals surface area contributed by atoms with E-state index in [0.717, 1.165) is 22.7 Å². The van der Waals surface area contributed by atoms with E-state index in [1.54, 1.807) is 31.2 Å². The Morgan fingerprint density at radius 1 is 0.930 bits per heavy atom. The SMILES string of the molecule is CCCCNC(=O)C(CC)N(Cc1ccc(F)cc1)C(=O)CN(c1ccc(C)cc1)S(=O)(=O)c1ccc(OC)c(OC)c1. The highest BCUT2D eigenvalue weighted by molar-refractivity contribution is 7.92. The van der Waals surface area contributed by atoms with Crippen LogP contribution < -0.4 is 19.1 Å². The van der Waals surface area contributed by atoms with Crippen LogP contribution in [-0.2, 0) is 26.2 Å². The molecule has 1 atom stereocenters. The van der Waals surface area contributed by atoms with Crippen LogP contribution in [0.3, 0.4) is 0 Å². The summed E-state index contributed by atoms with van der Waals surface area (Å²) < 4.78 is 53.5. The third-order valence-corrected chi connectivity index (χ3v) is 8.80. The van der Waals surface area contributed by atoms with Crippen molar-refractivity contribution in [3.8, 4) is 11.5 Å². The number of unbranched alkanes of at least 4 members (excludes halogenated alkanes) is 1. The summed E-state index contributed by atoms with van der Waals surface area (Å²) in [5, 5.41) is 2.89. The summed E-state index contributed by atoms with van der Waals surface area (Å²) in [6, 6.07) is 15.7. The average Bonchev–Trinajstić information content (AvgIpc) is 3.00. The molecular formula is C32H40FN3O6S. The lowest BCUT2D eigenvalue weighted by Gasteiger charge is -2.33. The summed E-state index contributed by atoms with van der Waals surface area (Å²) >= 11 is 0. The number of hydrogen-bond donors (Lipinski definition) is 1. The first kappa shape index (κ1) is 33.4. The molecule has 0 spiro atoms. The number of amides is 2. The molecule has 0 saturated heterocycles. The van der Waals surface area contributed by atoms with E-state index in [0.29, 0.717) is 17.9 Å². The van der Waals surface area contributed by atoms with Gasteiger partial charge in [-0.1, -0.05) is 50.1 Å². The van der Waals surface area contributed by atoms with Crippen LogP contribution in [0, 0.1) is 12.7 Å². The van der Waals surface area contributed by atoms with Gasteiger partial charge < -0.3 is 19.7 Å². The number of sulfonamides is 1. The molecule has 0 bridgehead atoms. The molecule has 0 heterocycles. The Hall–Kier alpha value is -4.12. The lowest BCUT2D eigenvalue weighted by molar-refractivity contribution is -0.140. The molecule has 232 valence electrons. The zero-order valence-corrected chi connectivity index (χ0v) is 26.1. The van der Waals surface area contributed by atoms with Gasteiger partial charge in [0, 0.05) is 19.2 Å². The second-order valence-electron chi connectivity index (χ2n) is 10.1. The number of ether oxygens (including phenoxy) is 2. The standard InChI is InChI=1S/C32H40FN3O6S/c1-6-8-19-34-32(38)28(7-2)35(21-24-11-13-25(33)14-12-24)31(37)22-36(26-15-9-23(3)10-16-26)43(39,40)27-17-18-29(41-4)30(20-27)42-5/h9-18,20,28H,6-8,19,21-22H2,1-5H3,(H,34,38). The molecule has 9 nitrogen and oxygen atoms in total. The van der Waals surface area contributed by atoms with Crippen molar-refractivity contribution in [2.45, 2.75) is 57.5 Å². The van der Waals surface area contributed by atoms with Crippen LogP contribution in [0.5, 0.6) is 11.5 Å². The van der Waals surface area contributed by atoms with Gasteiger partial charge in [0.15, 0.2) is 11.5 Å². The summed E-state index contributed by atoms with van der Waals surface area (Å²) in [5.74, 6) is -0.795. The number of aryl methyl sites for hydroxylation is 1. The first-order valence-corrected chi connectivity index (χ1v) is 15.6. The predicted octanol–water partition coefficient (Wildman–Crippen LogP) is 5.07. The zero-order valence-electron chi connectivity index (χ0n) is 25.3. The maximum Gasteiger partial charge on any atom is 0.264 e. The van der Waals surface area contributed by atoms with E-state index in [4.69, 9.17) is 9.47 Å². The summed E-state index contributed by atoms with van der Waals surface area (Å²) in [6.45, 7) is 5.51. The molecule has 1 unspecified atom stereocenters. The number of carbonyl (C=O) groups excluding carboxylic acids is 2. The molecule has 0 aliphatic rings. The second kappa shape index (κ2) is 15.4. The van der Waals surface area contributed by atoms with E-state index in [1.807, 2.05) is 13.8 Å². The number of carbonyl (C=O) groups is 2. The van der Waals surface area contributed by atoms with Crippen LogP contribution in [0.4, 0.5) is 10.1 Å². The lowest BCUT2D eigenvalue weighted by atomic mass is 10.1. The largest absolute Gasteiger partial charge is 0.493 e. The van der Waals surface area contributed by atoms with Crippen LogP contribution in [0.2, 0.25) is 0 Å². The molecule has 11 heteroatoms. The summed E-state index contributed by atoms with van der Waals surface area (Å²) in [6.07, 6.45) is 1.95. The van der Waals surface area contributed by atoms with Gasteiger partial charge in [0.2, 0.25) is 11.8 Å². The van der Waals surface area contributed by atoms with Crippen LogP contribution in [0.1, 0.15) is 44.2 Å². The fourth-order valence-corrected chi connectivity index (χ4v) is 5.99. The Balaban J connectivity index is 2.06. The van der Waals surface area contributed by atoms with Crippen molar-refractivity contribution >= 4 is 27.5 Å². The molecule has 3 aromatic rings. The van der Waals surface area contributed by atoms with E-state index in [9.17, 15) is 22.4 Å². The van der Waals surface area contributed by atoms with E-state index >= 15 is 0 Å². The Bertz CT molecular complexity index is 1480. The molecule has 0 aliphatic heterocycles. The van der Waals surface area contributed by atoms with Gasteiger partial charge in [-0.25, -0.2) is 12.8 Å². The van der Waals surface area contributed by atoms with Gasteiger partial charge in [-0.2, -0.15) is 0 Å². The molecule has 43 heavy (non-hydrogen) atoms. The van der Waals surface area contributed by atoms with Crippen LogP contribution in [-0.4, -0.2) is 58.5 Å². The molecule has 3 aromatic carbocycles. The van der Waals surface area contributed by atoms with Crippen molar-refractivity contribution in [3.05, 3.63) is 83.7 Å². The van der Waals surface area contributed by atoms with Gasteiger partial charge in [0.05, 0.1) is 24.8 Å². The first-order valence-electron chi connectivity index (χ1n) is 14.2. The Kier molecular flexibility index (Phi) is 11.9. The van der Waals surface area contributed by atoms with E-state index in [2.05, 4.69) is 5.32 Å². The van der Waals surface area contributed by atoms with Crippen molar-refractivity contribution < 1.29 is 31.9 Å². The first-order chi connectivity index (χ1) is 20.5. The number of methoxy groups -OCH3 is 2. The minimum Gasteiger partial charge on any atom is -0.493 e. The minimum atomic E-state index is -4.30. The maximum absolute atomic E-state index is 14.1. The van der Waals surface area contributed by atoms with E-state index < -0.39 is 34.3 Å². The molecule has 1 N–H and O–H groups in total. The monoisotopic (exact) mass is 613 g/mol. The van der Waals surface area contributed by atoms with E-state index in [-0.39, 0.29) is 35.2 Å². The third kappa shape index (κ3) is 8.47. The van der Waals surface area contributed by atoms with Gasteiger partial charge in [0.25, 0.3) is 10.0 Å². The average molecular weight is 614 g/mol. The van der Waals surface area contributed by atoms with Crippen molar-refractivity contribution in [1.82, 2.24) is 10.2 Å². The van der Waals surface area contributed by atoms with Crippen LogP contribution in [0.15, 0.2) is 71.6 Å². The number of benzene rings is 3. The third-order valence-electron chi connectivity index (χ3n) is 7.03. The molecule has 2 amide bonds. The second-order valence-corrected chi connectivity index (χ2v) is 11.9. The van der Waals surface area contributed by atoms with Crippen molar-refractivity contribution in [2.75, 3.05) is 31.6 Å². The Labute approximate surface area is 253 Å². The van der Waals surface area contributed by atoms with Gasteiger partial charge in [0.1, 0.15) is 18.4 Å². The Morgan fingerprint density at radius 3 is 2.16 bits per heavy atom. The number of rotatable bonds is 15.